The van der Waals surface area contributed by atoms with E-state index >= 15 is 0 Å². The minimum Gasteiger partial charge on any atom is -0.311 e. The van der Waals surface area contributed by atoms with Crippen LogP contribution in [0.15, 0.2) is 176 Å². The number of para-hydroxylation sites is 2. The number of hydrogen-bond acceptors (Lipinski definition) is 3. The van der Waals surface area contributed by atoms with Crippen LogP contribution in [0, 0.1) is 13.8 Å². The Morgan fingerprint density at radius 1 is 0.388 bits per heavy atom. The van der Waals surface area contributed by atoms with Gasteiger partial charge in [-0.15, -0.1) is 0 Å². The summed E-state index contributed by atoms with van der Waals surface area (Å²) in [6.07, 6.45) is 2.30. The van der Waals surface area contributed by atoms with Crippen molar-refractivity contribution in [1.82, 2.24) is 4.57 Å². The molecular weight excluding hydrogens is 1030 g/mol. The van der Waals surface area contributed by atoms with E-state index in [1.165, 1.54) is 123 Å². The van der Waals surface area contributed by atoms with Crippen LogP contribution in [0.5, 0.6) is 0 Å². The maximum atomic E-state index is 2.70. The fourth-order valence-corrected chi connectivity index (χ4v) is 14.5. The molecular formula is C80H87BN4. The van der Waals surface area contributed by atoms with Gasteiger partial charge in [-0.1, -0.05) is 202 Å². The highest BCUT2D eigenvalue weighted by molar-refractivity contribution is 7.00. The molecule has 0 fully saturated rings. The zero-order chi connectivity index (χ0) is 60.2. The molecule has 9 aromatic carbocycles. The average Bonchev–Trinajstić information content (AvgIpc) is 1.20. The zero-order valence-electron chi connectivity index (χ0n) is 54.0. The molecule has 0 N–H and O–H groups in total. The third kappa shape index (κ3) is 9.33. The van der Waals surface area contributed by atoms with Crippen molar-refractivity contribution in [1.29, 1.82) is 0 Å². The van der Waals surface area contributed by atoms with Crippen molar-refractivity contribution in [2.75, 3.05) is 14.7 Å². The molecule has 0 unspecified atom stereocenters. The summed E-state index contributed by atoms with van der Waals surface area (Å²) >= 11 is 0. The van der Waals surface area contributed by atoms with Gasteiger partial charge in [0.25, 0.3) is 6.71 Å². The van der Waals surface area contributed by atoms with Crippen LogP contribution in [0.4, 0.5) is 51.2 Å². The van der Waals surface area contributed by atoms with E-state index < -0.39 is 0 Å². The molecule has 0 saturated carbocycles. The summed E-state index contributed by atoms with van der Waals surface area (Å²) in [5.74, 6) is 0. The third-order valence-electron chi connectivity index (χ3n) is 19.6. The quantitative estimate of drug-likeness (QED) is 0.154. The predicted octanol–water partition coefficient (Wildman–Crippen LogP) is 20.5. The highest BCUT2D eigenvalue weighted by Crippen LogP contribution is 2.52. The smallest absolute Gasteiger partial charge is 0.252 e. The Morgan fingerprint density at radius 3 is 1.56 bits per heavy atom. The van der Waals surface area contributed by atoms with Crippen molar-refractivity contribution < 1.29 is 0 Å². The number of benzene rings is 9. The molecule has 1 aliphatic carbocycles. The summed E-state index contributed by atoms with van der Waals surface area (Å²) in [6, 6.07) is 68.8. The van der Waals surface area contributed by atoms with Crippen LogP contribution in [0.3, 0.4) is 0 Å². The molecule has 0 radical (unpaired) electrons. The number of aromatic nitrogens is 1. The predicted molar refractivity (Wildman–Crippen MR) is 369 cm³/mol. The Kier molecular flexibility index (Phi) is 12.9. The van der Waals surface area contributed by atoms with E-state index in [-0.39, 0.29) is 39.2 Å². The van der Waals surface area contributed by atoms with Crippen LogP contribution in [0.25, 0.3) is 27.5 Å². The highest BCUT2D eigenvalue weighted by atomic mass is 15.2. The van der Waals surface area contributed by atoms with Crippen molar-refractivity contribution >= 4 is 96.1 Å². The fourth-order valence-electron chi connectivity index (χ4n) is 14.5. The first kappa shape index (κ1) is 56.4. The lowest BCUT2D eigenvalue weighted by molar-refractivity contribution is 0.332. The van der Waals surface area contributed by atoms with Crippen molar-refractivity contribution in [3.8, 4) is 5.69 Å². The third-order valence-corrected chi connectivity index (χ3v) is 19.6. The second-order valence-electron chi connectivity index (χ2n) is 30.8. The van der Waals surface area contributed by atoms with Crippen molar-refractivity contribution in [3.63, 3.8) is 0 Å². The average molecular weight is 1120 g/mol. The van der Waals surface area contributed by atoms with E-state index in [1.807, 2.05) is 0 Å². The molecule has 10 aromatic rings. The molecule has 13 rings (SSSR count). The lowest BCUT2D eigenvalue weighted by atomic mass is 9.33. The molecule has 3 heterocycles. The van der Waals surface area contributed by atoms with Gasteiger partial charge in [0.2, 0.25) is 0 Å². The maximum absolute atomic E-state index is 2.70. The molecule has 2 aliphatic heterocycles. The largest absolute Gasteiger partial charge is 0.311 e. The van der Waals surface area contributed by atoms with E-state index in [2.05, 4.69) is 320 Å². The van der Waals surface area contributed by atoms with Gasteiger partial charge in [0.1, 0.15) is 0 Å². The molecule has 0 bridgehead atoms. The Hall–Kier alpha value is -7.76. The minimum absolute atomic E-state index is 0.00607. The zero-order valence-corrected chi connectivity index (χ0v) is 54.0. The van der Waals surface area contributed by atoms with Crippen LogP contribution in [0.1, 0.15) is 168 Å². The number of anilines is 9. The monoisotopic (exact) mass is 1110 g/mol. The fraction of sp³-hybridized carbons (Fsp3) is 0.325. The van der Waals surface area contributed by atoms with E-state index in [0.717, 1.165) is 29.9 Å². The van der Waals surface area contributed by atoms with Gasteiger partial charge in [0.05, 0.1) is 16.7 Å². The molecule has 430 valence electrons. The Bertz CT molecular complexity index is 4290. The number of nitrogens with zero attached hydrogens (tertiary/aromatic N) is 4. The first-order valence-corrected chi connectivity index (χ1v) is 31.3. The lowest BCUT2D eigenvalue weighted by Gasteiger charge is -2.46. The lowest BCUT2D eigenvalue weighted by Crippen LogP contribution is -2.61. The SMILES string of the molecule is Cc1cc(C(C)(C)C)cc(C)c1N1c2cc(N(c3ccc4c(c3)C(C)(C)CCC4(C)C)c3ccc4c5ccccc5n(-c5ccccc5)c4c3)ccc2B2c3cc(C(C)(C)C)ccc3N(c3ccc(C(C)(C)C)cc3)c3cc(C(C)(C)C)cc1c32. The molecule has 3 aliphatic rings. The van der Waals surface area contributed by atoms with E-state index in [4.69, 9.17) is 0 Å². The molecule has 5 heteroatoms. The summed E-state index contributed by atoms with van der Waals surface area (Å²) in [7, 11) is 0. The number of aryl methyl sites for hydroxylation is 2. The summed E-state index contributed by atoms with van der Waals surface area (Å²) in [4.78, 5) is 7.88. The number of fused-ring (bicyclic) bond motifs is 8. The second-order valence-corrected chi connectivity index (χ2v) is 30.8. The first-order valence-electron chi connectivity index (χ1n) is 31.3. The van der Waals surface area contributed by atoms with Crippen molar-refractivity contribution in [2.24, 2.45) is 0 Å². The van der Waals surface area contributed by atoms with E-state index in [1.54, 1.807) is 0 Å². The molecule has 0 spiro atoms. The second kappa shape index (κ2) is 19.4. The minimum atomic E-state index is -0.167. The number of hydrogen-bond donors (Lipinski definition) is 0. The summed E-state index contributed by atoms with van der Waals surface area (Å²) in [5.41, 5.74) is 28.9. The highest BCUT2D eigenvalue weighted by Gasteiger charge is 2.46. The van der Waals surface area contributed by atoms with Gasteiger partial charge in [-0.2, -0.15) is 0 Å². The molecule has 0 saturated heterocycles. The van der Waals surface area contributed by atoms with Crippen LogP contribution < -0.4 is 31.1 Å². The Morgan fingerprint density at radius 2 is 0.918 bits per heavy atom. The van der Waals surface area contributed by atoms with Gasteiger partial charge in [-0.25, -0.2) is 0 Å². The van der Waals surface area contributed by atoms with Gasteiger partial charge in [0.15, 0.2) is 0 Å². The standard InChI is InChI=1S/C80H87BN4/c1-50-42-54(77(9,10)11)43-51(2)74(50)85-70-49-60(82(58-34-37-63-64(47-58)80(17,18)41-40-79(63,15)16)59-33-36-62-61-26-22-23-27-67(61)83(69(62)48-59)56-24-20-19-21-25-56)35-38-65(70)81-66-44-53(76(6,7)8)30-39-68(66)84(57-31-28-52(29-32-57)75(3,4)5)71-45-55(78(12,13)14)46-72(85)73(71)81/h19-39,42-49H,40-41H2,1-18H3. The van der Waals surface area contributed by atoms with Gasteiger partial charge >= 0.3 is 0 Å². The van der Waals surface area contributed by atoms with Crippen molar-refractivity contribution in [3.05, 3.63) is 220 Å². The molecule has 4 nitrogen and oxygen atoms in total. The van der Waals surface area contributed by atoms with Gasteiger partial charge in [-0.3, -0.25) is 0 Å². The Balaban J connectivity index is 1.14. The van der Waals surface area contributed by atoms with Crippen LogP contribution >= 0.6 is 0 Å². The normalized spacial score (nSPS) is 15.4. The van der Waals surface area contributed by atoms with Gasteiger partial charge in [-0.05, 0) is 205 Å². The van der Waals surface area contributed by atoms with E-state index in [0.29, 0.717) is 0 Å². The topological polar surface area (TPSA) is 14.7 Å². The first-order chi connectivity index (χ1) is 40.0. The molecule has 1 aromatic heterocycles. The van der Waals surface area contributed by atoms with Crippen LogP contribution in [0.2, 0.25) is 0 Å². The van der Waals surface area contributed by atoms with Crippen molar-refractivity contribution in [2.45, 2.75) is 170 Å². The van der Waals surface area contributed by atoms with E-state index in [9.17, 15) is 0 Å². The molecule has 85 heavy (non-hydrogen) atoms. The summed E-state index contributed by atoms with van der Waals surface area (Å²) in [5, 5.41) is 2.49. The Labute approximate surface area is 508 Å². The van der Waals surface area contributed by atoms with Crippen LogP contribution in [-0.2, 0) is 32.5 Å². The van der Waals surface area contributed by atoms with Gasteiger partial charge < -0.3 is 19.3 Å². The summed E-state index contributed by atoms with van der Waals surface area (Å²) in [6.45, 7) is 42.6. The van der Waals surface area contributed by atoms with Crippen LogP contribution in [-0.4, -0.2) is 11.3 Å². The summed E-state index contributed by atoms with van der Waals surface area (Å²) < 4.78 is 2.46. The number of rotatable bonds is 6. The molecule has 0 amide bonds. The maximum Gasteiger partial charge on any atom is 0.252 e. The van der Waals surface area contributed by atoms with Gasteiger partial charge in [0, 0.05) is 62.0 Å². The molecule has 0 atom stereocenters.